The predicted molar refractivity (Wildman–Crippen MR) is 67.7 cm³/mol. The number of hydrogen-bond donors (Lipinski definition) is 2. The zero-order valence-electron chi connectivity index (χ0n) is 10.1. The molecule has 6 heteroatoms. The van der Waals surface area contributed by atoms with E-state index in [4.69, 9.17) is 5.73 Å². The molecular weight excluding hydrogens is 252 g/mol. The van der Waals surface area contributed by atoms with E-state index >= 15 is 0 Å². The summed E-state index contributed by atoms with van der Waals surface area (Å²) >= 11 is 0. The molecule has 1 heterocycles. The van der Waals surface area contributed by atoms with Crippen molar-refractivity contribution in [2.75, 3.05) is 11.1 Å². The van der Waals surface area contributed by atoms with Crippen LogP contribution in [0.25, 0.3) is 0 Å². The number of aromatic nitrogens is 1. The number of rotatable bonds is 2. The summed E-state index contributed by atoms with van der Waals surface area (Å²) in [5.74, 6) is -2.28. The Kier molecular flexibility index (Phi) is 3.41. The van der Waals surface area contributed by atoms with Gasteiger partial charge in [-0.15, -0.1) is 0 Å². The molecule has 0 saturated heterocycles. The minimum atomic E-state index is -0.924. The lowest BCUT2D eigenvalue weighted by atomic mass is 10.2. The van der Waals surface area contributed by atoms with Crippen LogP contribution in [0.5, 0.6) is 0 Å². The number of hydrogen-bond acceptors (Lipinski definition) is 3. The van der Waals surface area contributed by atoms with Crippen LogP contribution in [0.2, 0.25) is 0 Å². The van der Waals surface area contributed by atoms with Crippen LogP contribution >= 0.6 is 0 Å². The van der Waals surface area contributed by atoms with Gasteiger partial charge in [0, 0.05) is 18.0 Å². The van der Waals surface area contributed by atoms with Gasteiger partial charge in [-0.1, -0.05) is 0 Å². The van der Waals surface area contributed by atoms with Crippen LogP contribution in [0.4, 0.5) is 20.2 Å². The molecule has 98 valence electrons. The number of carbonyl (C=O) groups is 1. The molecule has 0 aliphatic rings. The van der Waals surface area contributed by atoms with E-state index in [2.05, 4.69) is 10.3 Å². The van der Waals surface area contributed by atoms with Crippen LogP contribution in [0, 0.1) is 18.6 Å². The van der Waals surface area contributed by atoms with E-state index in [9.17, 15) is 13.6 Å². The normalized spacial score (nSPS) is 10.3. The SMILES string of the molecule is Cc1ncccc1C(=O)Nc1c(N)cc(F)cc1F. The number of amides is 1. The van der Waals surface area contributed by atoms with E-state index < -0.39 is 17.5 Å². The van der Waals surface area contributed by atoms with Crippen LogP contribution in [0.15, 0.2) is 30.5 Å². The molecule has 0 bridgehead atoms. The summed E-state index contributed by atoms with van der Waals surface area (Å²) in [5.41, 5.74) is 5.86. The third-order valence-electron chi connectivity index (χ3n) is 2.58. The Bertz CT molecular complexity index is 621. The second-order valence-electron chi connectivity index (χ2n) is 3.94. The van der Waals surface area contributed by atoms with E-state index in [1.165, 1.54) is 0 Å². The lowest BCUT2D eigenvalue weighted by Gasteiger charge is -2.10. The summed E-state index contributed by atoms with van der Waals surface area (Å²) in [5, 5.41) is 2.32. The molecule has 0 radical (unpaired) electrons. The quantitative estimate of drug-likeness (QED) is 0.818. The molecule has 0 spiro atoms. The van der Waals surface area contributed by atoms with E-state index in [1.807, 2.05) is 0 Å². The molecule has 0 unspecified atom stereocenters. The molecular formula is C13H11F2N3O. The van der Waals surface area contributed by atoms with Gasteiger partial charge in [0.1, 0.15) is 11.5 Å². The van der Waals surface area contributed by atoms with Gasteiger partial charge in [-0.3, -0.25) is 9.78 Å². The Labute approximate surface area is 108 Å². The Hall–Kier alpha value is -2.50. The van der Waals surface area contributed by atoms with E-state index in [1.54, 1.807) is 25.3 Å². The highest BCUT2D eigenvalue weighted by Gasteiger charge is 2.15. The van der Waals surface area contributed by atoms with Crippen molar-refractivity contribution < 1.29 is 13.6 Å². The summed E-state index contributed by atoms with van der Waals surface area (Å²) in [6.07, 6.45) is 1.54. The van der Waals surface area contributed by atoms with Crippen LogP contribution in [-0.2, 0) is 0 Å². The van der Waals surface area contributed by atoms with Crippen LogP contribution in [0.1, 0.15) is 16.1 Å². The molecule has 0 fully saturated rings. The van der Waals surface area contributed by atoms with Gasteiger partial charge in [0.05, 0.1) is 11.3 Å². The van der Waals surface area contributed by atoms with Gasteiger partial charge < -0.3 is 11.1 Å². The number of nitrogens with one attached hydrogen (secondary N) is 1. The van der Waals surface area contributed by atoms with Gasteiger partial charge >= 0.3 is 0 Å². The molecule has 0 atom stereocenters. The maximum atomic E-state index is 13.5. The van der Waals surface area contributed by atoms with Gasteiger partial charge in [0.2, 0.25) is 0 Å². The average Bonchev–Trinajstić information content (AvgIpc) is 2.34. The number of aryl methyl sites for hydroxylation is 1. The molecule has 4 nitrogen and oxygen atoms in total. The predicted octanol–water partition coefficient (Wildman–Crippen LogP) is 2.50. The number of anilines is 2. The average molecular weight is 263 g/mol. The van der Waals surface area contributed by atoms with Crippen LogP contribution in [0.3, 0.4) is 0 Å². The first-order valence-electron chi connectivity index (χ1n) is 5.46. The van der Waals surface area contributed by atoms with Crippen molar-refractivity contribution >= 4 is 17.3 Å². The maximum absolute atomic E-state index is 13.5. The van der Waals surface area contributed by atoms with Gasteiger partial charge in [0.25, 0.3) is 5.91 Å². The number of nitrogens with zero attached hydrogens (tertiary/aromatic N) is 1. The zero-order chi connectivity index (χ0) is 14.0. The molecule has 1 aromatic carbocycles. The van der Waals surface area contributed by atoms with Crippen molar-refractivity contribution in [3.8, 4) is 0 Å². The summed E-state index contributed by atoms with van der Waals surface area (Å²) < 4.78 is 26.4. The number of pyridine rings is 1. The minimum absolute atomic E-state index is 0.174. The van der Waals surface area contributed by atoms with Crippen molar-refractivity contribution in [3.63, 3.8) is 0 Å². The van der Waals surface area contributed by atoms with Crippen molar-refractivity contribution in [2.24, 2.45) is 0 Å². The van der Waals surface area contributed by atoms with E-state index in [-0.39, 0.29) is 11.4 Å². The van der Waals surface area contributed by atoms with Gasteiger partial charge in [-0.25, -0.2) is 8.78 Å². The molecule has 1 amide bonds. The molecule has 0 aliphatic carbocycles. The number of halogens is 2. The minimum Gasteiger partial charge on any atom is -0.397 e. The standard InChI is InChI=1S/C13H11F2N3O/c1-7-9(3-2-4-17-7)13(19)18-12-10(15)5-8(14)6-11(12)16/h2-6H,16H2,1H3,(H,18,19). The van der Waals surface area contributed by atoms with Gasteiger partial charge in [0.15, 0.2) is 5.82 Å². The second-order valence-corrected chi connectivity index (χ2v) is 3.94. The lowest BCUT2D eigenvalue weighted by molar-refractivity contribution is 0.102. The first kappa shape index (κ1) is 12.9. The smallest absolute Gasteiger partial charge is 0.257 e. The first-order chi connectivity index (χ1) is 8.99. The third kappa shape index (κ3) is 2.67. The highest BCUT2D eigenvalue weighted by molar-refractivity contribution is 6.06. The van der Waals surface area contributed by atoms with E-state index in [0.29, 0.717) is 17.3 Å². The fraction of sp³-hybridized carbons (Fsp3) is 0.0769. The summed E-state index contributed by atoms with van der Waals surface area (Å²) in [4.78, 5) is 15.9. The number of nitrogens with two attached hydrogens (primary N) is 1. The number of nitrogen functional groups attached to an aromatic ring is 1. The maximum Gasteiger partial charge on any atom is 0.257 e. The lowest BCUT2D eigenvalue weighted by Crippen LogP contribution is -2.16. The van der Waals surface area contributed by atoms with Crippen molar-refractivity contribution in [2.45, 2.75) is 6.92 Å². The number of benzene rings is 1. The summed E-state index contributed by atoms with van der Waals surface area (Å²) in [7, 11) is 0. The van der Waals surface area contributed by atoms with Crippen molar-refractivity contribution in [1.82, 2.24) is 4.98 Å². The summed E-state index contributed by atoms with van der Waals surface area (Å²) in [6, 6.07) is 4.73. The Morgan fingerprint density at radius 3 is 2.74 bits per heavy atom. The van der Waals surface area contributed by atoms with Crippen molar-refractivity contribution in [1.29, 1.82) is 0 Å². The molecule has 0 saturated carbocycles. The number of carbonyl (C=O) groups excluding carboxylic acids is 1. The molecule has 3 N–H and O–H groups in total. The molecule has 0 aliphatic heterocycles. The van der Waals surface area contributed by atoms with Crippen LogP contribution < -0.4 is 11.1 Å². The Balaban J connectivity index is 2.32. The van der Waals surface area contributed by atoms with E-state index in [0.717, 1.165) is 6.07 Å². The summed E-state index contributed by atoms with van der Waals surface area (Å²) in [6.45, 7) is 1.65. The third-order valence-corrected chi connectivity index (χ3v) is 2.58. The van der Waals surface area contributed by atoms with Gasteiger partial charge in [-0.2, -0.15) is 0 Å². The Morgan fingerprint density at radius 2 is 2.11 bits per heavy atom. The molecule has 2 rings (SSSR count). The fourth-order valence-electron chi connectivity index (χ4n) is 1.63. The topological polar surface area (TPSA) is 68.0 Å². The molecule has 2 aromatic rings. The van der Waals surface area contributed by atoms with Gasteiger partial charge in [-0.05, 0) is 25.1 Å². The largest absolute Gasteiger partial charge is 0.397 e. The second kappa shape index (κ2) is 5.01. The van der Waals surface area contributed by atoms with Crippen molar-refractivity contribution in [3.05, 3.63) is 53.4 Å². The fourth-order valence-corrected chi connectivity index (χ4v) is 1.63. The first-order valence-corrected chi connectivity index (χ1v) is 5.46. The monoisotopic (exact) mass is 263 g/mol. The van der Waals surface area contributed by atoms with Crippen LogP contribution in [-0.4, -0.2) is 10.9 Å². The Morgan fingerprint density at radius 1 is 1.37 bits per heavy atom. The zero-order valence-corrected chi connectivity index (χ0v) is 10.1. The highest BCUT2D eigenvalue weighted by Crippen LogP contribution is 2.24. The highest BCUT2D eigenvalue weighted by atomic mass is 19.1. The molecule has 19 heavy (non-hydrogen) atoms. The molecule has 1 aromatic heterocycles.